The van der Waals surface area contributed by atoms with Gasteiger partial charge in [-0.1, -0.05) is 66.7 Å². The molecule has 0 spiro atoms. The van der Waals surface area contributed by atoms with Gasteiger partial charge in [0.1, 0.15) is 11.6 Å². The first-order chi connectivity index (χ1) is 13.7. The Labute approximate surface area is 165 Å². The number of rotatable bonds is 6. The summed E-state index contributed by atoms with van der Waals surface area (Å²) in [5, 5.41) is 4.23. The van der Waals surface area contributed by atoms with Crippen LogP contribution in [0.1, 0.15) is 11.4 Å². The summed E-state index contributed by atoms with van der Waals surface area (Å²) < 4.78 is 0. The number of hydrogen-bond donors (Lipinski definition) is 1. The molecule has 28 heavy (non-hydrogen) atoms. The third kappa shape index (κ3) is 4.02. The molecule has 4 heteroatoms. The topological polar surface area (TPSA) is 41.1 Å². The first-order valence-electron chi connectivity index (χ1n) is 9.49. The highest BCUT2D eigenvalue weighted by molar-refractivity contribution is 5.88. The van der Waals surface area contributed by atoms with E-state index in [1.807, 2.05) is 37.4 Å². The Morgan fingerprint density at radius 2 is 1.43 bits per heavy atom. The van der Waals surface area contributed by atoms with E-state index in [1.165, 1.54) is 16.7 Å². The van der Waals surface area contributed by atoms with Gasteiger partial charge in [0, 0.05) is 19.0 Å². The molecule has 0 radical (unpaired) electrons. The lowest BCUT2D eigenvalue weighted by atomic mass is 10.0. The molecule has 1 heterocycles. The highest BCUT2D eigenvalue weighted by Crippen LogP contribution is 2.21. The van der Waals surface area contributed by atoms with Crippen molar-refractivity contribution in [2.24, 2.45) is 0 Å². The van der Waals surface area contributed by atoms with Crippen LogP contribution in [0.5, 0.6) is 0 Å². The molecule has 0 aliphatic carbocycles. The van der Waals surface area contributed by atoms with E-state index in [0.29, 0.717) is 6.54 Å². The van der Waals surface area contributed by atoms with Crippen molar-refractivity contribution in [3.8, 4) is 11.1 Å². The number of nitrogens with zero attached hydrogens (tertiary/aromatic N) is 3. The average Bonchev–Trinajstić information content (AvgIpc) is 2.74. The van der Waals surface area contributed by atoms with Crippen molar-refractivity contribution in [1.29, 1.82) is 0 Å². The zero-order valence-electron chi connectivity index (χ0n) is 16.3. The maximum atomic E-state index is 4.73. The molecule has 140 valence electrons. The summed E-state index contributed by atoms with van der Waals surface area (Å²) in [6.07, 6.45) is 0. The molecular weight excluding hydrogens is 344 g/mol. The van der Waals surface area contributed by atoms with Crippen LogP contribution < -0.4 is 5.32 Å². The first kappa shape index (κ1) is 18.1. The number of fused-ring (bicyclic) bond motifs is 1. The summed E-state index contributed by atoms with van der Waals surface area (Å²) in [6, 6.07) is 27.3. The normalized spacial score (nSPS) is 11.1. The Morgan fingerprint density at radius 3 is 2.18 bits per heavy atom. The van der Waals surface area contributed by atoms with Crippen molar-refractivity contribution < 1.29 is 0 Å². The SMILES string of the molecule is CNc1nc(CN(C)Cc2ccc(-c3ccccc3)cc2)nc2ccccc12. The predicted octanol–water partition coefficient (Wildman–Crippen LogP) is 4.97. The van der Waals surface area contributed by atoms with Crippen molar-refractivity contribution in [3.05, 3.63) is 90.3 Å². The maximum Gasteiger partial charge on any atom is 0.145 e. The van der Waals surface area contributed by atoms with Crippen molar-refractivity contribution >= 4 is 16.7 Å². The van der Waals surface area contributed by atoms with Crippen molar-refractivity contribution in [2.45, 2.75) is 13.1 Å². The van der Waals surface area contributed by atoms with E-state index in [0.717, 1.165) is 29.1 Å². The van der Waals surface area contributed by atoms with Gasteiger partial charge in [-0.2, -0.15) is 0 Å². The Hall–Kier alpha value is -3.24. The fourth-order valence-corrected chi connectivity index (χ4v) is 3.43. The van der Waals surface area contributed by atoms with Crippen LogP contribution in [0.4, 0.5) is 5.82 Å². The van der Waals surface area contributed by atoms with Gasteiger partial charge in [0.2, 0.25) is 0 Å². The fourth-order valence-electron chi connectivity index (χ4n) is 3.43. The Kier molecular flexibility index (Phi) is 5.31. The summed E-state index contributed by atoms with van der Waals surface area (Å²) in [4.78, 5) is 11.7. The van der Waals surface area contributed by atoms with Crippen LogP contribution in [0.2, 0.25) is 0 Å². The molecule has 1 aromatic heterocycles. The van der Waals surface area contributed by atoms with E-state index >= 15 is 0 Å². The van der Waals surface area contributed by atoms with Gasteiger partial charge in [0.15, 0.2) is 0 Å². The average molecular weight is 368 g/mol. The van der Waals surface area contributed by atoms with Gasteiger partial charge in [0.05, 0.1) is 12.1 Å². The van der Waals surface area contributed by atoms with E-state index < -0.39 is 0 Å². The number of nitrogens with one attached hydrogen (secondary N) is 1. The molecule has 4 nitrogen and oxygen atoms in total. The lowest BCUT2D eigenvalue weighted by Gasteiger charge is -2.17. The molecule has 0 aliphatic heterocycles. The second-order valence-corrected chi connectivity index (χ2v) is 6.99. The van der Waals surface area contributed by atoms with Gasteiger partial charge in [0.25, 0.3) is 0 Å². The van der Waals surface area contributed by atoms with Gasteiger partial charge in [-0.15, -0.1) is 0 Å². The monoisotopic (exact) mass is 368 g/mol. The summed E-state index contributed by atoms with van der Waals surface area (Å²) in [7, 11) is 4.00. The lowest BCUT2D eigenvalue weighted by Crippen LogP contribution is -2.19. The fraction of sp³-hybridized carbons (Fsp3) is 0.167. The second-order valence-electron chi connectivity index (χ2n) is 6.99. The van der Waals surface area contributed by atoms with E-state index in [1.54, 1.807) is 0 Å². The number of aromatic nitrogens is 2. The highest BCUT2D eigenvalue weighted by Gasteiger charge is 2.09. The molecule has 0 saturated carbocycles. The smallest absolute Gasteiger partial charge is 0.145 e. The summed E-state index contributed by atoms with van der Waals surface area (Å²) in [5.41, 5.74) is 4.73. The lowest BCUT2D eigenvalue weighted by molar-refractivity contribution is 0.311. The van der Waals surface area contributed by atoms with Crippen LogP contribution in [0, 0.1) is 0 Å². The minimum Gasteiger partial charge on any atom is -0.373 e. The van der Waals surface area contributed by atoms with Crippen molar-refractivity contribution in [1.82, 2.24) is 14.9 Å². The van der Waals surface area contributed by atoms with Gasteiger partial charge >= 0.3 is 0 Å². The van der Waals surface area contributed by atoms with E-state index in [9.17, 15) is 0 Å². The zero-order chi connectivity index (χ0) is 19.3. The summed E-state index contributed by atoms with van der Waals surface area (Å²) in [5.74, 6) is 1.70. The van der Waals surface area contributed by atoms with E-state index in [4.69, 9.17) is 9.97 Å². The molecule has 0 unspecified atom stereocenters. The van der Waals surface area contributed by atoms with Crippen LogP contribution in [-0.4, -0.2) is 29.0 Å². The molecular formula is C24H24N4. The molecule has 0 saturated heterocycles. The number of para-hydroxylation sites is 1. The van der Waals surface area contributed by atoms with Crippen LogP contribution >= 0.6 is 0 Å². The van der Waals surface area contributed by atoms with Crippen LogP contribution in [-0.2, 0) is 13.1 Å². The highest BCUT2D eigenvalue weighted by atomic mass is 15.1. The van der Waals surface area contributed by atoms with Gasteiger partial charge in [-0.3, -0.25) is 4.90 Å². The zero-order valence-corrected chi connectivity index (χ0v) is 16.3. The van der Waals surface area contributed by atoms with Crippen molar-refractivity contribution in [2.75, 3.05) is 19.4 Å². The van der Waals surface area contributed by atoms with E-state index in [-0.39, 0.29) is 0 Å². The number of hydrogen-bond acceptors (Lipinski definition) is 4. The molecule has 1 N–H and O–H groups in total. The minimum atomic E-state index is 0.694. The third-order valence-corrected chi connectivity index (χ3v) is 4.81. The maximum absolute atomic E-state index is 4.73. The minimum absolute atomic E-state index is 0.694. The van der Waals surface area contributed by atoms with Gasteiger partial charge in [-0.25, -0.2) is 9.97 Å². The Bertz CT molecular complexity index is 1060. The third-order valence-electron chi connectivity index (χ3n) is 4.81. The number of benzene rings is 3. The molecule has 0 amide bonds. The molecule has 0 bridgehead atoms. The molecule has 4 rings (SSSR count). The van der Waals surface area contributed by atoms with Crippen LogP contribution in [0.3, 0.4) is 0 Å². The molecule has 4 aromatic rings. The van der Waals surface area contributed by atoms with Gasteiger partial charge in [-0.05, 0) is 35.9 Å². The Balaban J connectivity index is 1.47. The second kappa shape index (κ2) is 8.19. The molecule has 0 fully saturated rings. The molecule has 0 atom stereocenters. The standard InChI is InChI=1S/C24H24N4/c1-25-24-21-10-6-7-11-22(21)26-23(27-24)17-28(2)16-18-12-14-20(15-13-18)19-8-4-3-5-9-19/h3-15H,16-17H2,1-2H3,(H,25,26,27). The van der Waals surface area contributed by atoms with Crippen molar-refractivity contribution in [3.63, 3.8) is 0 Å². The molecule has 0 aliphatic rings. The van der Waals surface area contributed by atoms with Gasteiger partial charge < -0.3 is 5.32 Å². The largest absolute Gasteiger partial charge is 0.373 e. The quantitative estimate of drug-likeness (QED) is 0.522. The number of anilines is 1. The van der Waals surface area contributed by atoms with E-state index in [2.05, 4.69) is 65.8 Å². The molecule has 3 aromatic carbocycles. The predicted molar refractivity (Wildman–Crippen MR) is 116 cm³/mol. The van der Waals surface area contributed by atoms with Crippen LogP contribution in [0.25, 0.3) is 22.0 Å². The summed E-state index contributed by atoms with van der Waals surface area (Å²) in [6.45, 7) is 1.54. The first-order valence-corrected chi connectivity index (χ1v) is 9.49. The Morgan fingerprint density at radius 1 is 0.750 bits per heavy atom. The van der Waals surface area contributed by atoms with Crippen LogP contribution in [0.15, 0.2) is 78.9 Å². The summed E-state index contributed by atoms with van der Waals surface area (Å²) >= 11 is 0.